The molecule has 3 aromatic rings. The van der Waals surface area contributed by atoms with Crippen molar-refractivity contribution in [2.24, 2.45) is 0 Å². The number of carbonyl (C=O) groups excluding carboxylic acids is 1. The third-order valence-corrected chi connectivity index (χ3v) is 4.59. The summed E-state index contributed by atoms with van der Waals surface area (Å²) in [7, 11) is 0. The molecule has 1 aliphatic rings. The number of hydrogen-bond acceptors (Lipinski definition) is 5. The molecule has 1 amide bonds. The molecule has 6 nitrogen and oxygen atoms in total. The first-order valence-corrected chi connectivity index (χ1v) is 8.35. The average molecular weight is 340 g/mol. The van der Waals surface area contributed by atoms with Gasteiger partial charge in [0.2, 0.25) is 6.39 Å². The van der Waals surface area contributed by atoms with Crippen LogP contribution in [0.2, 0.25) is 0 Å². The Kier molecular flexibility index (Phi) is 4.13. The minimum atomic E-state index is -0.449. The molecular weight excluding hydrogens is 323 g/mol. The maximum atomic E-state index is 14.0. The maximum Gasteiger partial charge on any atom is 0.256 e. The van der Waals surface area contributed by atoms with Crippen LogP contribution in [0.5, 0.6) is 0 Å². The number of carbonyl (C=O) groups is 1. The fraction of sp³-hybridized carbons (Fsp3) is 0.333. The molecule has 25 heavy (non-hydrogen) atoms. The third-order valence-electron chi connectivity index (χ3n) is 4.59. The summed E-state index contributed by atoms with van der Waals surface area (Å²) < 4.78 is 18.9. The number of rotatable bonds is 2. The number of likely N-dealkylation sites (tertiary alicyclic amines) is 1. The number of fused-ring (bicyclic) bond motifs is 1. The Bertz CT molecular complexity index is 897. The van der Waals surface area contributed by atoms with Gasteiger partial charge in [0.25, 0.3) is 5.91 Å². The van der Waals surface area contributed by atoms with Gasteiger partial charge in [-0.3, -0.25) is 9.78 Å². The molecule has 0 aliphatic carbocycles. The number of aromatic nitrogens is 3. The van der Waals surface area contributed by atoms with Crippen molar-refractivity contribution in [1.82, 2.24) is 20.0 Å². The van der Waals surface area contributed by atoms with Crippen molar-refractivity contribution in [3.63, 3.8) is 0 Å². The largest absolute Gasteiger partial charge is 0.343 e. The molecule has 0 spiro atoms. The molecule has 1 saturated heterocycles. The van der Waals surface area contributed by atoms with Crippen molar-refractivity contribution in [3.05, 3.63) is 54.1 Å². The van der Waals surface area contributed by atoms with E-state index < -0.39 is 5.82 Å². The van der Waals surface area contributed by atoms with E-state index in [0.717, 1.165) is 25.7 Å². The molecule has 0 unspecified atom stereocenters. The van der Waals surface area contributed by atoms with Gasteiger partial charge in [-0.05, 0) is 31.0 Å². The number of hydrogen-bond donors (Lipinski definition) is 0. The summed E-state index contributed by atoms with van der Waals surface area (Å²) in [5.41, 5.74) is 0.774. The van der Waals surface area contributed by atoms with Crippen molar-refractivity contribution in [1.29, 1.82) is 0 Å². The van der Waals surface area contributed by atoms with E-state index in [1.165, 1.54) is 18.5 Å². The molecule has 0 radical (unpaired) electrons. The summed E-state index contributed by atoms with van der Waals surface area (Å²) in [6.45, 7) is 0.572. The molecule has 7 heteroatoms. The molecule has 1 fully saturated rings. The second-order valence-corrected chi connectivity index (χ2v) is 6.18. The first-order valence-electron chi connectivity index (χ1n) is 8.35. The normalized spacial score (nSPS) is 18.3. The molecule has 4 rings (SSSR count). The van der Waals surface area contributed by atoms with Crippen LogP contribution in [-0.4, -0.2) is 32.5 Å². The lowest BCUT2D eigenvalue weighted by atomic mass is 10.1. The van der Waals surface area contributed by atoms with Crippen molar-refractivity contribution in [3.8, 4) is 0 Å². The number of pyridine rings is 1. The number of benzene rings is 1. The van der Waals surface area contributed by atoms with Gasteiger partial charge in [-0.25, -0.2) is 4.39 Å². The van der Waals surface area contributed by atoms with E-state index in [-0.39, 0.29) is 17.5 Å². The van der Waals surface area contributed by atoms with Gasteiger partial charge in [0.1, 0.15) is 5.82 Å². The lowest BCUT2D eigenvalue weighted by molar-refractivity contribution is 0.0671. The molecule has 1 aliphatic heterocycles. The molecule has 0 saturated carbocycles. The highest BCUT2D eigenvalue weighted by Gasteiger charge is 2.31. The Labute approximate surface area is 143 Å². The zero-order valence-electron chi connectivity index (χ0n) is 13.6. The van der Waals surface area contributed by atoms with Crippen molar-refractivity contribution >= 4 is 16.8 Å². The highest BCUT2D eigenvalue weighted by atomic mass is 19.1. The molecule has 0 bridgehead atoms. The molecule has 1 atom stereocenters. The second kappa shape index (κ2) is 6.58. The number of halogens is 1. The number of nitrogens with zero attached hydrogens (tertiary/aromatic N) is 4. The summed E-state index contributed by atoms with van der Waals surface area (Å²) in [4.78, 5) is 23.4. The molecule has 128 valence electrons. The van der Waals surface area contributed by atoms with Crippen molar-refractivity contribution in [2.75, 3.05) is 6.54 Å². The zero-order chi connectivity index (χ0) is 17.2. The Morgan fingerprint density at radius 3 is 3.00 bits per heavy atom. The predicted octanol–water partition coefficient (Wildman–Crippen LogP) is 3.51. The summed E-state index contributed by atoms with van der Waals surface area (Å²) in [6.07, 6.45) is 6.52. The van der Waals surface area contributed by atoms with Gasteiger partial charge >= 0.3 is 0 Å². The lowest BCUT2D eigenvalue weighted by Crippen LogP contribution is -2.35. The van der Waals surface area contributed by atoms with Crippen molar-refractivity contribution < 1.29 is 13.7 Å². The molecule has 2 aromatic heterocycles. The topological polar surface area (TPSA) is 72.1 Å². The Balaban J connectivity index is 1.78. The SMILES string of the molecule is O=C(c1cc(F)cc2cccnc12)N1CCCCC[C@@H]1c1ncon1. The van der Waals surface area contributed by atoms with E-state index in [0.29, 0.717) is 23.3 Å². The van der Waals surface area contributed by atoms with Gasteiger partial charge in [-0.15, -0.1) is 0 Å². The standard InChI is InChI=1S/C18H17FN4O2/c19-13-9-12-5-4-7-20-16(12)14(10-13)18(24)23-8-3-1-2-6-15(23)17-21-11-25-22-17/h4-5,7,9-11,15H,1-3,6,8H2/t15-/m1/s1. The molecule has 0 N–H and O–H groups in total. The quantitative estimate of drug-likeness (QED) is 0.714. The van der Waals surface area contributed by atoms with E-state index in [4.69, 9.17) is 4.52 Å². The average Bonchev–Trinajstić information content (AvgIpc) is 3.05. The Hall–Kier alpha value is -2.83. The molecule has 3 heterocycles. The van der Waals surface area contributed by atoms with Crippen LogP contribution >= 0.6 is 0 Å². The van der Waals surface area contributed by atoms with Gasteiger partial charge in [-0.1, -0.05) is 24.1 Å². The van der Waals surface area contributed by atoms with Crippen LogP contribution in [0.1, 0.15) is 47.9 Å². The first-order chi connectivity index (χ1) is 12.2. The molecule has 1 aromatic carbocycles. The lowest BCUT2D eigenvalue weighted by Gasteiger charge is -2.28. The Morgan fingerprint density at radius 2 is 2.16 bits per heavy atom. The predicted molar refractivity (Wildman–Crippen MR) is 88.2 cm³/mol. The third kappa shape index (κ3) is 2.97. The van der Waals surface area contributed by atoms with Gasteiger partial charge in [0.15, 0.2) is 5.82 Å². The highest BCUT2D eigenvalue weighted by Crippen LogP contribution is 2.31. The van der Waals surface area contributed by atoms with E-state index in [1.807, 2.05) is 0 Å². The first kappa shape index (κ1) is 15.7. The van der Waals surface area contributed by atoms with Crippen LogP contribution in [0.3, 0.4) is 0 Å². The van der Waals surface area contributed by atoms with Crippen LogP contribution in [0.15, 0.2) is 41.4 Å². The summed E-state index contributed by atoms with van der Waals surface area (Å²) in [5.74, 6) is -0.210. The Morgan fingerprint density at radius 1 is 1.24 bits per heavy atom. The maximum absolute atomic E-state index is 14.0. The zero-order valence-corrected chi connectivity index (χ0v) is 13.6. The fourth-order valence-corrected chi connectivity index (χ4v) is 3.42. The monoisotopic (exact) mass is 340 g/mol. The van der Waals surface area contributed by atoms with Gasteiger partial charge in [-0.2, -0.15) is 4.98 Å². The van der Waals surface area contributed by atoms with Crippen LogP contribution in [-0.2, 0) is 0 Å². The van der Waals surface area contributed by atoms with E-state index in [2.05, 4.69) is 15.1 Å². The highest BCUT2D eigenvalue weighted by molar-refractivity contribution is 6.05. The fourth-order valence-electron chi connectivity index (χ4n) is 3.42. The van der Waals surface area contributed by atoms with Crippen LogP contribution in [0.25, 0.3) is 10.9 Å². The molecular formula is C18H17FN4O2. The second-order valence-electron chi connectivity index (χ2n) is 6.18. The van der Waals surface area contributed by atoms with Crippen LogP contribution in [0, 0.1) is 5.82 Å². The summed E-state index contributed by atoms with van der Waals surface area (Å²) in [6, 6.07) is 5.86. The van der Waals surface area contributed by atoms with Gasteiger partial charge < -0.3 is 9.42 Å². The number of amides is 1. The summed E-state index contributed by atoms with van der Waals surface area (Å²) >= 11 is 0. The van der Waals surface area contributed by atoms with Crippen molar-refractivity contribution in [2.45, 2.75) is 31.7 Å². The van der Waals surface area contributed by atoms with Crippen LogP contribution < -0.4 is 0 Å². The van der Waals surface area contributed by atoms with Gasteiger partial charge in [0, 0.05) is 18.1 Å². The van der Waals surface area contributed by atoms with Gasteiger partial charge in [0.05, 0.1) is 17.1 Å². The van der Waals surface area contributed by atoms with Crippen LogP contribution in [0.4, 0.5) is 4.39 Å². The minimum Gasteiger partial charge on any atom is -0.343 e. The van der Waals surface area contributed by atoms with E-state index in [9.17, 15) is 9.18 Å². The smallest absolute Gasteiger partial charge is 0.256 e. The minimum absolute atomic E-state index is 0.250. The van der Waals surface area contributed by atoms with E-state index in [1.54, 1.807) is 23.2 Å². The van der Waals surface area contributed by atoms with E-state index >= 15 is 0 Å². The summed E-state index contributed by atoms with van der Waals surface area (Å²) in [5, 5.41) is 4.53.